The smallest absolute Gasteiger partial charge is 0.136 e. The van der Waals surface area contributed by atoms with Crippen molar-refractivity contribution in [1.82, 2.24) is 4.98 Å². The minimum Gasteiger partial charge on any atom is -0.497 e. The second-order valence-corrected chi connectivity index (χ2v) is 3.80. The number of nitrogens with zero attached hydrogens (tertiary/aromatic N) is 1. The highest BCUT2D eigenvalue weighted by atomic mass is 16.5. The Morgan fingerprint density at radius 1 is 1.17 bits per heavy atom. The number of nitrogens with two attached hydrogens (primary N) is 1. The normalized spacial score (nSPS) is 11.9. The first-order valence-corrected chi connectivity index (χ1v) is 5.74. The lowest BCUT2D eigenvalue weighted by Crippen LogP contribution is -2.18. The third kappa shape index (κ3) is 2.99. The standard InChI is InChI=1S/C14H16N2O2/c1-17-12-3-2-4-13(9-12)18-14(10-15)11-5-7-16-8-6-11/h2-9,14H,10,15H2,1H3. The van der Waals surface area contributed by atoms with E-state index in [4.69, 9.17) is 15.2 Å². The maximum absolute atomic E-state index is 5.86. The second-order valence-electron chi connectivity index (χ2n) is 3.80. The van der Waals surface area contributed by atoms with Crippen LogP contribution in [-0.4, -0.2) is 18.6 Å². The zero-order valence-corrected chi connectivity index (χ0v) is 10.2. The molecule has 0 saturated carbocycles. The average Bonchev–Trinajstić information content (AvgIpc) is 2.46. The molecule has 2 N–H and O–H groups in total. The van der Waals surface area contributed by atoms with Crippen LogP contribution in [0.1, 0.15) is 11.7 Å². The van der Waals surface area contributed by atoms with Crippen LogP contribution in [0.25, 0.3) is 0 Å². The monoisotopic (exact) mass is 244 g/mol. The van der Waals surface area contributed by atoms with Crippen LogP contribution in [0.15, 0.2) is 48.8 Å². The first-order valence-electron chi connectivity index (χ1n) is 5.74. The van der Waals surface area contributed by atoms with E-state index in [1.165, 1.54) is 0 Å². The topological polar surface area (TPSA) is 57.4 Å². The summed E-state index contributed by atoms with van der Waals surface area (Å²) in [4.78, 5) is 3.98. The molecule has 2 aromatic rings. The van der Waals surface area contributed by atoms with Crippen LogP contribution in [0, 0.1) is 0 Å². The maximum Gasteiger partial charge on any atom is 0.136 e. The van der Waals surface area contributed by atoms with Crippen molar-refractivity contribution >= 4 is 0 Å². The molecular formula is C14H16N2O2. The second kappa shape index (κ2) is 6.02. The van der Waals surface area contributed by atoms with E-state index in [1.807, 2.05) is 36.4 Å². The molecule has 0 aliphatic heterocycles. The van der Waals surface area contributed by atoms with Gasteiger partial charge in [0.25, 0.3) is 0 Å². The molecule has 0 aliphatic rings. The summed E-state index contributed by atoms with van der Waals surface area (Å²) < 4.78 is 11.0. The van der Waals surface area contributed by atoms with Crippen molar-refractivity contribution in [3.8, 4) is 11.5 Å². The Morgan fingerprint density at radius 3 is 2.56 bits per heavy atom. The van der Waals surface area contributed by atoms with Gasteiger partial charge in [-0.15, -0.1) is 0 Å². The van der Waals surface area contributed by atoms with Crippen molar-refractivity contribution in [1.29, 1.82) is 0 Å². The Morgan fingerprint density at radius 2 is 1.89 bits per heavy atom. The molecule has 94 valence electrons. The quantitative estimate of drug-likeness (QED) is 0.875. The fraction of sp³-hybridized carbons (Fsp3) is 0.214. The first kappa shape index (κ1) is 12.4. The summed E-state index contributed by atoms with van der Waals surface area (Å²) >= 11 is 0. The Hall–Kier alpha value is -2.07. The van der Waals surface area contributed by atoms with Gasteiger partial charge >= 0.3 is 0 Å². The number of methoxy groups -OCH3 is 1. The summed E-state index contributed by atoms with van der Waals surface area (Å²) in [6.45, 7) is 0.404. The van der Waals surface area contributed by atoms with E-state index in [1.54, 1.807) is 19.5 Å². The van der Waals surface area contributed by atoms with Gasteiger partial charge in [-0.2, -0.15) is 0 Å². The van der Waals surface area contributed by atoms with Gasteiger partial charge in [0.2, 0.25) is 0 Å². The summed E-state index contributed by atoms with van der Waals surface area (Å²) in [6, 6.07) is 11.3. The van der Waals surface area contributed by atoms with Gasteiger partial charge in [0.15, 0.2) is 0 Å². The molecule has 18 heavy (non-hydrogen) atoms. The highest BCUT2D eigenvalue weighted by Gasteiger charge is 2.11. The third-order valence-electron chi connectivity index (χ3n) is 2.61. The number of rotatable bonds is 5. The van der Waals surface area contributed by atoms with E-state index in [0.29, 0.717) is 6.54 Å². The van der Waals surface area contributed by atoms with E-state index in [2.05, 4.69) is 4.98 Å². The van der Waals surface area contributed by atoms with Crippen molar-refractivity contribution in [3.63, 3.8) is 0 Å². The van der Waals surface area contributed by atoms with Crippen LogP contribution >= 0.6 is 0 Å². The van der Waals surface area contributed by atoms with Crippen molar-refractivity contribution in [2.45, 2.75) is 6.10 Å². The zero-order chi connectivity index (χ0) is 12.8. The molecule has 0 spiro atoms. The van der Waals surface area contributed by atoms with E-state index in [0.717, 1.165) is 17.1 Å². The summed E-state index contributed by atoms with van der Waals surface area (Å²) in [5.41, 5.74) is 6.76. The van der Waals surface area contributed by atoms with E-state index in [9.17, 15) is 0 Å². The predicted molar refractivity (Wildman–Crippen MR) is 69.7 cm³/mol. The van der Waals surface area contributed by atoms with Crippen LogP contribution in [0.3, 0.4) is 0 Å². The largest absolute Gasteiger partial charge is 0.497 e. The molecule has 1 unspecified atom stereocenters. The molecule has 0 radical (unpaired) electrons. The molecule has 2 rings (SSSR count). The Labute approximate surface area is 106 Å². The van der Waals surface area contributed by atoms with E-state index < -0.39 is 0 Å². The Bertz CT molecular complexity index is 488. The molecule has 1 atom stereocenters. The van der Waals surface area contributed by atoms with E-state index >= 15 is 0 Å². The highest BCUT2D eigenvalue weighted by molar-refractivity contribution is 5.33. The maximum atomic E-state index is 5.86. The van der Waals surface area contributed by atoms with Gasteiger partial charge in [0.1, 0.15) is 17.6 Å². The highest BCUT2D eigenvalue weighted by Crippen LogP contribution is 2.24. The molecule has 1 heterocycles. The summed E-state index contributed by atoms with van der Waals surface area (Å²) in [5, 5.41) is 0. The van der Waals surface area contributed by atoms with Gasteiger partial charge in [0, 0.05) is 25.0 Å². The van der Waals surface area contributed by atoms with Crippen molar-refractivity contribution in [3.05, 3.63) is 54.4 Å². The summed E-state index contributed by atoms with van der Waals surface area (Å²) in [6.07, 6.45) is 3.28. The van der Waals surface area contributed by atoms with Gasteiger partial charge in [-0.1, -0.05) is 6.07 Å². The lowest BCUT2D eigenvalue weighted by Gasteiger charge is -2.18. The van der Waals surface area contributed by atoms with E-state index in [-0.39, 0.29) is 6.10 Å². The number of hydrogen-bond acceptors (Lipinski definition) is 4. The molecule has 1 aromatic heterocycles. The minimum absolute atomic E-state index is 0.180. The van der Waals surface area contributed by atoms with Gasteiger partial charge in [0.05, 0.1) is 7.11 Å². The fourth-order valence-corrected chi connectivity index (χ4v) is 1.67. The molecular weight excluding hydrogens is 228 g/mol. The Kier molecular flexibility index (Phi) is 4.15. The molecule has 4 heteroatoms. The summed E-state index contributed by atoms with van der Waals surface area (Å²) in [7, 11) is 1.63. The molecule has 1 aromatic carbocycles. The number of hydrogen-bond donors (Lipinski definition) is 1. The van der Waals surface area contributed by atoms with Crippen molar-refractivity contribution in [2.24, 2.45) is 5.73 Å². The zero-order valence-electron chi connectivity index (χ0n) is 10.2. The molecule has 0 amide bonds. The van der Waals surface area contributed by atoms with Gasteiger partial charge in [-0.05, 0) is 29.8 Å². The number of benzene rings is 1. The molecule has 0 aliphatic carbocycles. The molecule has 0 saturated heterocycles. The lowest BCUT2D eigenvalue weighted by atomic mass is 10.1. The van der Waals surface area contributed by atoms with Gasteiger partial charge in [-0.25, -0.2) is 0 Å². The van der Waals surface area contributed by atoms with Crippen LogP contribution in [-0.2, 0) is 0 Å². The first-order chi connectivity index (χ1) is 8.83. The number of aromatic nitrogens is 1. The number of ether oxygens (including phenoxy) is 2. The van der Waals surface area contributed by atoms with Gasteiger partial charge in [-0.3, -0.25) is 4.98 Å². The lowest BCUT2D eigenvalue weighted by molar-refractivity contribution is 0.213. The van der Waals surface area contributed by atoms with Crippen LogP contribution in [0.5, 0.6) is 11.5 Å². The average molecular weight is 244 g/mol. The van der Waals surface area contributed by atoms with Crippen molar-refractivity contribution in [2.75, 3.05) is 13.7 Å². The SMILES string of the molecule is COc1cccc(OC(CN)c2ccncc2)c1. The minimum atomic E-state index is -0.180. The fourth-order valence-electron chi connectivity index (χ4n) is 1.67. The molecule has 0 fully saturated rings. The number of pyridine rings is 1. The van der Waals surface area contributed by atoms with Crippen LogP contribution < -0.4 is 15.2 Å². The van der Waals surface area contributed by atoms with Crippen LogP contribution in [0.4, 0.5) is 0 Å². The molecule has 0 bridgehead atoms. The van der Waals surface area contributed by atoms with Crippen LogP contribution in [0.2, 0.25) is 0 Å². The van der Waals surface area contributed by atoms with Gasteiger partial charge < -0.3 is 15.2 Å². The predicted octanol–water partition coefficient (Wildman–Crippen LogP) is 2.17. The molecule has 4 nitrogen and oxygen atoms in total. The van der Waals surface area contributed by atoms with Crippen molar-refractivity contribution < 1.29 is 9.47 Å². The summed E-state index contributed by atoms with van der Waals surface area (Å²) in [5.74, 6) is 1.50. The third-order valence-corrected chi connectivity index (χ3v) is 2.61. The Balaban J connectivity index is 2.15.